The van der Waals surface area contributed by atoms with Gasteiger partial charge in [0.25, 0.3) is 0 Å². The summed E-state index contributed by atoms with van der Waals surface area (Å²) in [5, 5.41) is 3.03. The fourth-order valence-electron chi connectivity index (χ4n) is 3.13. The first-order valence-corrected chi connectivity index (χ1v) is 7.45. The number of rotatable bonds is 5. The quantitative estimate of drug-likeness (QED) is 0.450. The molecule has 2 fully saturated rings. The van der Waals surface area contributed by atoms with Gasteiger partial charge in [0.05, 0.1) is 24.9 Å². The molecule has 0 aromatic rings. The van der Waals surface area contributed by atoms with Crippen LogP contribution in [0.1, 0.15) is 44.9 Å². The van der Waals surface area contributed by atoms with Crippen molar-refractivity contribution in [2.24, 2.45) is 10.7 Å². The summed E-state index contributed by atoms with van der Waals surface area (Å²) in [6.45, 7) is 2.01. The molecule has 0 aromatic heterocycles. The topological polar surface area (TPSA) is 68.9 Å². The Labute approximate surface area is 115 Å². The van der Waals surface area contributed by atoms with Crippen molar-refractivity contribution in [3.63, 3.8) is 0 Å². The van der Waals surface area contributed by atoms with Crippen LogP contribution < -0.4 is 11.1 Å². The fraction of sp³-hybridized carbons (Fsp3) is 0.929. The summed E-state index contributed by atoms with van der Waals surface area (Å²) in [5.74, 6) is 0.491. The van der Waals surface area contributed by atoms with E-state index in [4.69, 9.17) is 15.2 Å². The lowest BCUT2D eigenvalue weighted by Gasteiger charge is -2.33. The minimum absolute atomic E-state index is 0.177. The number of aliphatic imine (C=N–C) groups is 1. The van der Waals surface area contributed by atoms with Crippen molar-refractivity contribution >= 4 is 5.96 Å². The first-order valence-electron chi connectivity index (χ1n) is 7.45. The van der Waals surface area contributed by atoms with Gasteiger partial charge in [-0.3, -0.25) is 4.99 Å². The van der Waals surface area contributed by atoms with Crippen LogP contribution in [0.5, 0.6) is 0 Å². The number of ether oxygens (including phenoxy) is 2. The summed E-state index contributed by atoms with van der Waals surface area (Å²) >= 11 is 0. The standard InChI is InChI=1S/C14H27N3O2/c1-18-10-9-16-13(15)17-11-12-5-8-14(19-12)6-3-2-4-7-14/h12H,2-11H2,1H3,(H3,15,16,17). The molecule has 1 spiro atoms. The van der Waals surface area contributed by atoms with Crippen LogP contribution in [0.2, 0.25) is 0 Å². The van der Waals surface area contributed by atoms with E-state index >= 15 is 0 Å². The molecule has 1 saturated carbocycles. The molecule has 1 unspecified atom stereocenters. The monoisotopic (exact) mass is 269 g/mol. The second-order valence-corrected chi connectivity index (χ2v) is 5.67. The van der Waals surface area contributed by atoms with E-state index in [1.165, 1.54) is 38.5 Å². The van der Waals surface area contributed by atoms with Crippen LogP contribution >= 0.6 is 0 Å². The molecule has 1 atom stereocenters. The van der Waals surface area contributed by atoms with E-state index < -0.39 is 0 Å². The third-order valence-corrected chi connectivity index (χ3v) is 4.18. The normalized spacial score (nSPS) is 26.8. The van der Waals surface area contributed by atoms with Crippen LogP contribution in [-0.2, 0) is 9.47 Å². The lowest BCUT2D eigenvalue weighted by Crippen LogP contribution is -2.35. The molecule has 3 N–H and O–H groups in total. The van der Waals surface area contributed by atoms with Crippen LogP contribution in [0.15, 0.2) is 4.99 Å². The Hall–Kier alpha value is -0.810. The number of nitrogens with one attached hydrogen (secondary N) is 1. The number of nitrogens with zero attached hydrogens (tertiary/aromatic N) is 1. The van der Waals surface area contributed by atoms with E-state index in [0.717, 1.165) is 6.42 Å². The van der Waals surface area contributed by atoms with Gasteiger partial charge in [-0.2, -0.15) is 0 Å². The van der Waals surface area contributed by atoms with E-state index in [1.54, 1.807) is 7.11 Å². The van der Waals surface area contributed by atoms with E-state index in [0.29, 0.717) is 25.7 Å². The number of nitrogens with two attached hydrogens (primary N) is 1. The first kappa shape index (κ1) is 14.6. The van der Waals surface area contributed by atoms with Gasteiger partial charge >= 0.3 is 0 Å². The second-order valence-electron chi connectivity index (χ2n) is 5.67. The Bertz CT molecular complexity index is 301. The van der Waals surface area contributed by atoms with Gasteiger partial charge in [0.2, 0.25) is 0 Å². The minimum atomic E-state index is 0.177. The molecule has 2 aliphatic rings. The maximum atomic E-state index is 6.25. The molecular formula is C14H27N3O2. The largest absolute Gasteiger partial charge is 0.383 e. The number of methoxy groups -OCH3 is 1. The molecule has 0 aromatic carbocycles. The minimum Gasteiger partial charge on any atom is -0.383 e. The molecule has 1 aliphatic heterocycles. The van der Waals surface area contributed by atoms with Crippen molar-refractivity contribution in [2.75, 3.05) is 26.8 Å². The van der Waals surface area contributed by atoms with Crippen molar-refractivity contribution < 1.29 is 9.47 Å². The third-order valence-electron chi connectivity index (χ3n) is 4.18. The SMILES string of the molecule is COCCNC(N)=NCC1CCC2(CCCCC2)O1. The molecule has 1 heterocycles. The van der Waals surface area contributed by atoms with E-state index in [-0.39, 0.29) is 11.7 Å². The summed E-state index contributed by atoms with van der Waals surface area (Å²) in [6.07, 6.45) is 9.03. The second kappa shape index (κ2) is 7.10. The highest BCUT2D eigenvalue weighted by Crippen LogP contribution is 2.41. The number of guanidine groups is 1. The van der Waals surface area contributed by atoms with Crippen LogP contribution in [0, 0.1) is 0 Å². The van der Waals surface area contributed by atoms with Gasteiger partial charge in [-0.15, -0.1) is 0 Å². The maximum absolute atomic E-state index is 6.25. The summed E-state index contributed by atoms with van der Waals surface area (Å²) in [4.78, 5) is 4.36. The number of hydrogen-bond donors (Lipinski definition) is 2. The zero-order valence-corrected chi connectivity index (χ0v) is 12.0. The fourth-order valence-corrected chi connectivity index (χ4v) is 3.13. The Morgan fingerprint density at radius 1 is 1.37 bits per heavy atom. The predicted octanol–water partition coefficient (Wildman–Crippen LogP) is 1.42. The highest BCUT2D eigenvalue weighted by molar-refractivity contribution is 5.77. The molecule has 2 rings (SSSR count). The molecule has 0 radical (unpaired) electrons. The maximum Gasteiger partial charge on any atom is 0.188 e. The van der Waals surface area contributed by atoms with Crippen molar-refractivity contribution in [1.82, 2.24) is 5.32 Å². The van der Waals surface area contributed by atoms with Crippen LogP contribution in [0.3, 0.4) is 0 Å². The summed E-state index contributed by atoms with van der Waals surface area (Å²) in [5.41, 5.74) is 5.97. The lowest BCUT2D eigenvalue weighted by atomic mass is 9.83. The van der Waals surface area contributed by atoms with E-state index in [1.807, 2.05) is 0 Å². The lowest BCUT2D eigenvalue weighted by molar-refractivity contribution is -0.0598. The van der Waals surface area contributed by atoms with Gasteiger partial charge in [0, 0.05) is 13.7 Å². The average molecular weight is 269 g/mol. The van der Waals surface area contributed by atoms with Gasteiger partial charge in [-0.05, 0) is 25.7 Å². The Kier molecular flexibility index (Phi) is 5.45. The zero-order chi connectivity index (χ0) is 13.6. The molecule has 0 bridgehead atoms. The third kappa shape index (κ3) is 4.35. The van der Waals surface area contributed by atoms with Crippen molar-refractivity contribution in [2.45, 2.75) is 56.7 Å². The van der Waals surface area contributed by atoms with Crippen molar-refractivity contribution in [3.05, 3.63) is 0 Å². The van der Waals surface area contributed by atoms with E-state index in [9.17, 15) is 0 Å². The Morgan fingerprint density at radius 3 is 2.89 bits per heavy atom. The molecule has 0 amide bonds. The van der Waals surface area contributed by atoms with E-state index in [2.05, 4.69) is 10.3 Å². The van der Waals surface area contributed by atoms with Crippen LogP contribution in [-0.4, -0.2) is 44.5 Å². The van der Waals surface area contributed by atoms with Crippen LogP contribution in [0.25, 0.3) is 0 Å². The molecule has 5 nitrogen and oxygen atoms in total. The molecule has 5 heteroatoms. The summed E-state index contributed by atoms with van der Waals surface area (Å²) in [7, 11) is 1.67. The molecule has 110 valence electrons. The molecule has 1 aliphatic carbocycles. The highest BCUT2D eigenvalue weighted by atomic mass is 16.5. The number of hydrogen-bond acceptors (Lipinski definition) is 3. The van der Waals surface area contributed by atoms with Crippen molar-refractivity contribution in [1.29, 1.82) is 0 Å². The van der Waals surface area contributed by atoms with Gasteiger partial charge in [-0.25, -0.2) is 0 Å². The van der Waals surface area contributed by atoms with Crippen molar-refractivity contribution in [3.8, 4) is 0 Å². The first-order chi connectivity index (χ1) is 9.24. The zero-order valence-electron chi connectivity index (χ0n) is 12.0. The predicted molar refractivity (Wildman–Crippen MR) is 76.3 cm³/mol. The Morgan fingerprint density at radius 2 is 2.16 bits per heavy atom. The van der Waals surface area contributed by atoms with Gasteiger partial charge in [0.1, 0.15) is 0 Å². The molecular weight excluding hydrogens is 242 g/mol. The van der Waals surface area contributed by atoms with Crippen LogP contribution in [0.4, 0.5) is 0 Å². The smallest absolute Gasteiger partial charge is 0.188 e. The average Bonchev–Trinajstić information content (AvgIpc) is 2.81. The highest BCUT2D eigenvalue weighted by Gasteiger charge is 2.40. The van der Waals surface area contributed by atoms with Gasteiger partial charge < -0.3 is 20.5 Å². The summed E-state index contributed by atoms with van der Waals surface area (Å²) < 4.78 is 11.2. The summed E-state index contributed by atoms with van der Waals surface area (Å²) in [6, 6.07) is 0. The molecule has 1 saturated heterocycles. The van der Waals surface area contributed by atoms with Gasteiger partial charge in [0.15, 0.2) is 5.96 Å². The molecule has 19 heavy (non-hydrogen) atoms. The van der Waals surface area contributed by atoms with Gasteiger partial charge in [-0.1, -0.05) is 19.3 Å². The Balaban J connectivity index is 1.71.